The molecule has 0 bridgehead atoms. The Kier molecular flexibility index (Phi) is 4.45. The summed E-state index contributed by atoms with van der Waals surface area (Å²) in [4.78, 5) is -0.0190. The Morgan fingerprint density at radius 1 is 1.69 bits per heavy atom. The molecule has 0 aromatic carbocycles. The Morgan fingerprint density at radius 2 is 2.38 bits per heavy atom. The molecule has 1 aromatic heterocycles. The summed E-state index contributed by atoms with van der Waals surface area (Å²) in [6, 6.07) is 3.37. The van der Waals surface area contributed by atoms with Crippen molar-refractivity contribution < 1.29 is 12.8 Å². The molecule has 0 aliphatic rings. The number of nitrogens with two attached hydrogens (primary N) is 1. The topological polar surface area (TPSA) is 85.3 Å². The van der Waals surface area contributed by atoms with E-state index >= 15 is 0 Å². The van der Waals surface area contributed by atoms with Crippen molar-refractivity contribution in [2.75, 3.05) is 0 Å². The molecule has 1 aromatic rings. The summed E-state index contributed by atoms with van der Waals surface area (Å²) in [5.41, 5.74) is 5.37. The lowest BCUT2D eigenvalue weighted by molar-refractivity contribution is 0.497. The molecule has 0 saturated heterocycles. The van der Waals surface area contributed by atoms with Crippen LogP contribution in [-0.2, 0) is 16.6 Å². The lowest BCUT2D eigenvalue weighted by Gasteiger charge is -2.14. The third-order valence-electron chi connectivity index (χ3n) is 2.09. The van der Waals surface area contributed by atoms with Crippen LogP contribution in [0, 0.1) is 0 Å². The lowest BCUT2D eigenvalue weighted by Crippen LogP contribution is -2.41. The minimum Gasteiger partial charge on any atom is -0.468 e. The van der Waals surface area contributed by atoms with Gasteiger partial charge in [-0.2, -0.15) is 0 Å². The van der Waals surface area contributed by atoms with Crippen LogP contribution in [0.25, 0.3) is 0 Å². The second-order valence-electron chi connectivity index (χ2n) is 3.24. The summed E-state index contributed by atoms with van der Waals surface area (Å²) in [7, 11) is -3.52. The van der Waals surface area contributed by atoms with Gasteiger partial charge in [0.25, 0.3) is 0 Å². The van der Waals surface area contributed by atoms with Crippen molar-refractivity contribution in [1.82, 2.24) is 4.72 Å². The Labute approximate surface area is 100 Å². The minimum absolute atomic E-state index is 0.0190. The maximum atomic E-state index is 11.8. The lowest BCUT2D eigenvalue weighted by atomic mass is 10.3. The van der Waals surface area contributed by atoms with Gasteiger partial charge in [-0.3, -0.25) is 0 Å². The molecule has 1 atom stereocenters. The van der Waals surface area contributed by atoms with Crippen molar-refractivity contribution in [2.45, 2.75) is 25.1 Å². The molecular weight excluding hydrogens is 248 g/mol. The van der Waals surface area contributed by atoms with E-state index in [1.807, 2.05) is 0 Å². The number of sulfonamides is 1. The number of thiocarbonyl (C=S) groups is 1. The van der Waals surface area contributed by atoms with Gasteiger partial charge in [0.2, 0.25) is 10.0 Å². The van der Waals surface area contributed by atoms with E-state index in [9.17, 15) is 8.42 Å². The molecule has 1 rings (SSSR count). The Bertz CT molecular complexity index is 439. The van der Waals surface area contributed by atoms with Crippen molar-refractivity contribution in [2.24, 2.45) is 5.73 Å². The first-order chi connectivity index (χ1) is 7.47. The van der Waals surface area contributed by atoms with E-state index in [4.69, 9.17) is 22.4 Å². The first-order valence-corrected chi connectivity index (χ1v) is 6.73. The maximum absolute atomic E-state index is 11.8. The van der Waals surface area contributed by atoms with Gasteiger partial charge in [0.1, 0.15) is 11.0 Å². The molecule has 0 aliphatic carbocycles. The molecule has 90 valence electrons. The van der Waals surface area contributed by atoms with Crippen LogP contribution in [-0.4, -0.2) is 18.7 Å². The van der Waals surface area contributed by atoms with Crippen LogP contribution in [0.1, 0.15) is 19.1 Å². The summed E-state index contributed by atoms with van der Waals surface area (Å²) < 4.78 is 31.0. The molecule has 0 spiro atoms. The van der Waals surface area contributed by atoms with Gasteiger partial charge >= 0.3 is 0 Å². The van der Waals surface area contributed by atoms with Gasteiger partial charge in [-0.25, -0.2) is 13.1 Å². The standard InChI is InChI=1S/C9H14N2O3S2/c1-2-8(9(10)15)16(12,13)11-6-7-4-3-5-14-7/h3-5,8,11H,2,6H2,1H3,(H2,10,15). The van der Waals surface area contributed by atoms with Gasteiger partial charge in [0.15, 0.2) is 0 Å². The zero-order chi connectivity index (χ0) is 12.2. The van der Waals surface area contributed by atoms with Gasteiger partial charge < -0.3 is 10.2 Å². The first-order valence-electron chi connectivity index (χ1n) is 4.77. The van der Waals surface area contributed by atoms with E-state index in [1.165, 1.54) is 6.26 Å². The number of furan rings is 1. The number of hydrogen-bond acceptors (Lipinski definition) is 4. The highest BCUT2D eigenvalue weighted by Crippen LogP contribution is 2.07. The van der Waals surface area contributed by atoms with Gasteiger partial charge in [0.05, 0.1) is 17.8 Å². The Balaban J connectivity index is 2.67. The highest BCUT2D eigenvalue weighted by atomic mass is 32.2. The smallest absolute Gasteiger partial charge is 0.221 e. The SMILES string of the molecule is CCC(C(N)=S)S(=O)(=O)NCc1ccco1. The zero-order valence-electron chi connectivity index (χ0n) is 8.84. The Morgan fingerprint density at radius 3 is 2.81 bits per heavy atom. The number of hydrogen-bond donors (Lipinski definition) is 2. The van der Waals surface area contributed by atoms with Crippen LogP contribution >= 0.6 is 12.2 Å². The molecule has 16 heavy (non-hydrogen) atoms. The highest BCUT2D eigenvalue weighted by Gasteiger charge is 2.26. The van der Waals surface area contributed by atoms with Crippen LogP contribution in [0.3, 0.4) is 0 Å². The van der Waals surface area contributed by atoms with E-state index in [0.717, 1.165) is 0 Å². The molecule has 3 N–H and O–H groups in total. The van der Waals surface area contributed by atoms with E-state index < -0.39 is 15.3 Å². The summed E-state index contributed by atoms with van der Waals surface area (Å²) >= 11 is 4.71. The molecule has 0 radical (unpaired) electrons. The second kappa shape index (κ2) is 5.42. The Hall–Kier alpha value is -0.920. The van der Waals surface area contributed by atoms with Gasteiger partial charge in [0, 0.05) is 0 Å². The average Bonchev–Trinajstić information content (AvgIpc) is 2.67. The quantitative estimate of drug-likeness (QED) is 0.739. The summed E-state index contributed by atoms with van der Waals surface area (Å²) in [5, 5.41) is -0.836. The van der Waals surface area contributed by atoms with Gasteiger partial charge in [-0.05, 0) is 18.6 Å². The fourth-order valence-corrected chi connectivity index (χ4v) is 3.09. The first kappa shape index (κ1) is 13.1. The molecule has 1 unspecified atom stereocenters. The third kappa shape index (κ3) is 3.29. The monoisotopic (exact) mass is 262 g/mol. The van der Waals surface area contributed by atoms with E-state index in [-0.39, 0.29) is 11.5 Å². The van der Waals surface area contributed by atoms with Crippen molar-refractivity contribution >= 4 is 27.2 Å². The summed E-state index contributed by atoms with van der Waals surface area (Å²) in [5.74, 6) is 0.543. The minimum atomic E-state index is -3.52. The fourth-order valence-electron chi connectivity index (χ4n) is 1.26. The van der Waals surface area contributed by atoms with Crippen LogP contribution in [0.5, 0.6) is 0 Å². The molecule has 0 fully saturated rings. The number of rotatable bonds is 6. The molecule has 1 heterocycles. The normalized spacial score (nSPS) is 13.6. The van der Waals surface area contributed by atoms with E-state index in [1.54, 1.807) is 19.1 Å². The number of nitrogens with one attached hydrogen (secondary N) is 1. The van der Waals surface area contributed by atoms with Gasteiger partial charge in [-0.15, -0.1) is 0 Å². The van der Waals surface area contributed by atoms with Crippen LogP contribution in [0.2, 0.25) is 0 Å². The van der Waals surface area contributed by atoms with Crippen molar-refractivity contribution in [3.63, 3.8) is 0 Å². The third-order valence-corrected chi connectivity index (χ3v) is 4.41. The molecule has 7 heteroatoms. The average molecular weight is 262 g/mol. The van der Waals surface area contributed by atoms with E-state index in [2.05, 4.69) is 4.72 Å². The summed E-state index contributed by atoms with van der Waals surface area (Å²) in [6.07, 6.45) is 1.83. The van der Waals surface area contributed by atoms with Crippen LogP contribution < -0.4 is 10.5 Å². The van der Waals surface area contributed by atoms with Crippen molar-refractivity contribution in [1.29, 1.82) is 0 Å². The molecule has 0 saturated carbocycles. The zero-order valence-corrected chi connectivity index (χ0v) is 10.5. The van der Waals surface area contributed by atoms with Crippen molar-refractivity contribution in [3.05, 3.63) is 24.2 Å². The molecule has 0 aliphatic heterocycles. The van der Waals surface area contributed by atoms with E-state index in [0.29, 0.717) is 12.2 Å². The fraction of sp³-hybridized carbons (Fsp3) is 0.444. The molecular formula is C9H14N2O3S2. The molecule has 0 amide bonds. The second-order valence-corrected chi connectivity index (χ2v) is 5.66. The largest absolute Gasteiger partial charge is 0.468 e. The highest BCUT2D eigenvalue weighted by molar-refractivity contribution is 7.93. The van der Waals surface area contributed by atoms with Crippen LogP contribution in [0.4, 0.5) is 0 Å². The predicted octanol–water partition coefficient (Wildman–Crippen LogP) is 0.764. The maximum Gasteiger partial charge on any atom is 0.221 e. The molecule has 5 nitrogen and oxygen atoms in total. The predicted molar refractivity (Wildman–Crippen MR) is 65.3 cm³/mol. The summed E-state index contributed by atoms with van der Waals surface area (Å²) in [6.45, 7) is 1.82. The van der Waals surface area contributed by atoms with Gasteiger partial charge in [-0.1, -0.05) is 19.1 Å². The van der Waals surface area contributed by atoms with Crippen LogP contribution in [0.15, 0.2) is 22.8 Å². The van der Waals surface area contributed by atoms with Crippen molar-refractivity contribution in [3.8, 4) is 0 Å².